The molecule has 1 aromatic carbocycles. The highest BCUT2D eigenvalue weighted by molar-refractivity contribution is 6.42. The minimum atomic E-state index is -0.807. The van der Waals surface area contributed by atoms with Crippen molar-refractivity contribution in [3.05, 3.63) is 33.8 Å². The van der Waals surface area contributed by atoms with Gasteiger partial charge < -0.3 is 20.7 Å². The molecule has 0 spiro atoms. The van der Waals surface area contributed by atoms with Gasteiger partial charge in [0.25, 0.3) is 11.8 Å². The third-order valence-corrected chi connectivity index (χ3v) is 3.40. The zero-order valence-electron chi connectivity index (χ0n) is 12.7. The number of rotatable bonds is 7. The number of nitrogens with one attached hydrogen (secondary N) is 3. The van der Waals surface area contributed by atoms with Gasteiger partial charge in [-0.2, -0.15) is 0 Å². The normalized spacial score (nSPS) is 9.79. The zero-order chi connectivity index (χ0) is 18.1. The van der Waals surface area contributed by atoms with Crippen LogP contribution in [0, 0.1) is 0 Å². The second-order valence-electron chi connectivity index (χ2n) is 4.42. The molecule has 0 saturated carbocycles. The Morgan fingerprint density at radius 3 is 2.33 bits per heavy atom. The largest absolute Gasteiger partial charge is 0.454 e. The van der Waals surface area contributed by atoms with Gasteiger partial charge in [-0.25, -0.2) is 0 Å². The first-order valence-electron chi connectivity index (χ1n) is 6.69. The summed E-state index contributed by atoms with van der Waals surface area (Å²) in [5.41, 5.74) is 0.223. The van der Waals surface area contributed by atoms with Crippen LogP contribution in [-0.4, -0.2) is 50.4 Å². The van der Waals surface area contributed by atoms with Crippen LogP contribution in [0.2, 0.25) is 10.0 Å². The van der Waals surface area contributed by atoms with Crippen LogP contribution in [0.1, 0.15) is 10.4 Å². The summed E-state index contributed by atoms with van der Waals surface area (Å²) in [6.07, 6.45) is 0. The summed E-state index contributed by atoms with van der Waals surface area (Å²) in [5, 5.41) is 7.39. The molecule has 130 valence electrons. The van der Waals surface area contributed by atoms with E-state index in [0.29, 0.717) is 5.02 Å². The number of halogens is 2. The van der Waals surface area contributed by atoms with E-state index in [4.69, 9.17) is 23.2 Å². The van der Waals surface area contributed by atoms with Gasteiger partial charge in [-0.05, 0) is 18.2 Å². The standard InChI is InChI=1S/C14H15Cl2N3O5/c1-17-11(20)5-18-12(21)7-24-13(22)6-19-14(23)8-2-3-9(15)10(16)4-8/h2-4H,5-7H2,1H3,(H,17,20)(H,18,21)(H,19,23). The van der Waals surface area contributed by atoms with E-state index in [1.165, 1.54) is 25.2 Å². The molecule has 0 atom stereocenters. The van der Waals surface area contributed by atoms with Crippen LogP contribution in [0.15, 0.2) is 18.2 Å². The smallest absolute Gasteiger partial charge is 0.325 e. The molecule has 0 aromatic heterocycles. The first-order valence-corrected chi connectivity index (χ1v) is 7.45. The number of ether oxygens (including phenoxy) is 1. The maximum atomic E-state index is 11.8. The summed E-state index contributed by atoms with van der Waals surface area (Å²) in [6, 6.07) is 4.26. The Labute approximate surface area is 147 Å². The van der Waals surface area contributed by atoms with Crippen molar-refractivity contribution in [1.82, 2.24) is 16.0 Å². The van der Waals surface area contributed by atoms with Gasteiger partial charge in [0.2, 0.25) is 5.91 Å². The summed E-state index contributed by atoms with van der Waals surface area (Å²) in [6.45, 7) is -1.21. The molecule has 0 heterocycles. The Hall–Kier alpha value is -2.32. The number of esters is 1. The number of benzene rings is 1. The highest BCUT2D eigenvalue weighted by Gasteiger charge is 2.12. The van der Waals surface area contributed by atoms with Gasteiger partial charge in [0.05, 0.1) is 16.6 Å². The molecule has 0 unspecified atom stereocenters. The predicted molar refractivity (Wildman–Crippen MR) is 86.8 cm³/mol. The molecular weight excluding hydrogens is 361 g/mol. The fraction of sp³-hybridized carbons (Fsp3) is 0.286. The van der Waals surface area contributed by atoms with E-state index in [2.05, 4.69) is 20.7 Å². The summed E-state index contributed by atoms with van der Waals surface area (Å²) in [4.78, 5) is 45.5. The predicted octanol–water partition coefficient (Wildman–Crippen LogP) is 0.129. The van der Waals surface area contributed by atoms with Gasteiger partial charge >= 0.3 is 5.97 Å². The molecule has 0 aliphatic carbocycles. The topological polar surface area (TPSA) is 114 Å². The number of carbonyl (C=O) groups is 4. The second kappa shape index (κ2) is 9.74. The van der Waals surface area contributed by atoms with Gasteiger partial charge in [0.15, 0.2) is 6.61 Å². The van der Waals surface area contributed by atoms with E-state index >= 15 is 0 Å². The lowest BCUT2D eigenvalue weighted by molar-refractivity contribution is -0.147. The third-order valence-electron chi connectivity index (χ3n) is 2.66. The fourth-order valence-electron chi connectivity index (χ4n) is 1.41. The fourth-order valence-corrected chi connectivity index (χ4v) is 1.71. The van der Waals surface area contributed by atoms with Crippen molar-refractivity contribution in [3.63, 3.8) is 0 Å². The summed E-state index contributed by atoms with van der Waals surface area (Å²) in [7, 11) is 1.42. The summed E-state index contributed by atoms with van der Waals surface area (Å²) in [5.74, 6) is -2.38. The van der Waals surface area contributed by atoms with Crippen LogP contribution in [-0.2, 0) is 19.1 Å². The van der Waals surface area contributed by atoms with Crippen molar-refractivity contribution in [2.45, 2.75) is 0 Å². The van der Waals surface area contributed by atoms with E-state index < -0.39 is 30.9 Å². The van der Waals surface area contributed by atoms with Crippen LogP contribution in [0.5, 0.6) is 0 Å². The molecule has 0 radical (unpaired) electrons. The molecule has 1 aromatic rings. The number of hydrogen-bond acceptors (Lipinski definition) is 5. The molecule has 1 rings (SSSR count). The molecule has 0 saturated heterocycles. The molecule has 0 aliphatic rings. The van der Waals surface area contributed by atoms with Gasteiger partial charge in [-0.1, -0.05) is 23.2 Å². The number of amides is 3. The molecule has 24 heavy (non-hydrogen) atoms. The number of carbonyl (C=O) groups excluding carboxylic acids is 4. The lowest BCUT2D eigenvalue weighted by Crippen LogP contribution is -2.38. The SMILES string of the molecule is CNC(=O)CNC(=O)COC(=O)CNC(=O)c1ccc(Cl)c(Cl)c1. The second-order valence-corrected chi connectivity index (χ2v) is 5.24. The van der Waals surface area contributed by atoms with Crippen LogP contribution >= 0.6 is 23.2 Å². The molecule has 8 nitrogen and oxygen atoms in total. The van der Waals surface area contributed by atoms with Crippen molar-refractivity contribution >= 4 is 46.9 Å². The molecule has 0 aliphatic heterocycles. The molecule has 0 fully saturated rings. The van der Waals surface area contributed by atoms with Gasteiger partial charge in [-0.15, -0.1) is 0 Å². The molecular formula is C14H15Cl2N3O5. The Kier molecular flexibility index (Phi) is 8.00. The average molecular weight is 376 g/mol. The molecule has 3 N–H and O–H groups in total. The highest BCUT2D eigenvalue weighted by atomic mass is 35.5. The summed E-state index contributed by atoms with van der Waals surface area (Å²) < 4.78 is 4.65. The van der Waals surface area contributed by atoms with Crippen molar-refractivity contribution in [3.8, 4) is 0 Å². The number of hydrogen-bond donors (Lipinski definition) is 3. The average Bonchev–Trinajstić information content (AvgIpc) is 2.57. The maximum absolute atomic E-state index is 11.8. The maximum Gasteiger partial charge on any atom is 0.325 e. The molecule has 10 heteroatoms. The van der Waals surface area contributed by atoms with Crippen LogP contribution in [0.3, 0.4) is 0 Å². The Morgan fingerprint density at radius 1 is 1.00 bits per heavy atom. The Balaban J connectivity index is 2.32. The third kappa shape index (κ3) is 6.84. The summed E-state index contributed by atoms with van der Waals surface area (Å²) >= 11 is 11.5. The van der Waals surface area contributed by atoms with Gasteiger partial charge in [0, 0.05) is 12.6 Å². The zero-order valence-corrected chi connectivity index (χ0v) is 14.2. The van der Waals surface area contributed by atoms with E-state index in [9.17, 15) is 19.2 Å². The lowest BCUT2D eigenvalue weighted by Gasteiger charge is -2.07. The molecule has 0 bridgehead atoms. The highest BCUT2D eigenvalue weighted by Crippen LogP contribution is 2.22. The Morgan fingerprint density at radius 2 is 1.71 bits per heavy atom. The number of likely N-dealkylation sites (N-methyl/N-ethyl adjacent to an activating group) is 1. The van der Waals surface area contributed by atoms with Crippen molar-refractivity contribution < 1.29 is 23.9 Å². The van der Waals surface area contributed by atoms with E-state index in [1.807, 2.05) is 0 Å². The van der Waals surface area contributed by atoms with E-state index in [-0.39, 0.29) is 23.0 Å². The first kappa shape index (κ1) is 19.7. The van der Waals surface area contributed by atoms with Crippen LogP contribution < -0.4 is 16.0 Å². The Bertz CT molecular complexity index is 651. The minimum absolute atomic E-state index is 0.208. The van der Waals surface area contributed by atoms with Crippen LogP contribution in [0.25, 0.3) is 0 Å². The van der Waals surface area contributed by atoms with Crippen molar-refractivity contribution in [2.24, 2.45) is 0 Å². The van der Waals surface area contributed by atoms with E-state index in [1.54, 1.807) is 0 Å². The minimum Gasteiger partial charge on any atom is -0.454 e. The quantitative estimate of drug-likeness (QED) is 0.586. The monoisotopic (exact) mass is 375 g/mol. The first-order chi connectivity index (χ1) is 11.3. The van der Waals surface area contributed by atoms with Crippen molar-refractivity contribution in [2.75, 3.05) is 26.7 Å². The lowest BCUT2D eigenvalue weighted by atomic mass is 10.2. The van der Waals surface area contributed by atoms with Gasteiger partial charge in [-0.3, -0.25) is 19.2 Å². The van der Waals surface area contributed by atoms with Crippen molar-refractivity contribution in [1.29, 1.82) is 0 Å². The van der Waals surface area contributed by atoms with E-state index in [0.717, 1.165) is 0 Å². The van der Waals surface area contributed by atoms with Crippen LogP contribution in [0.4, 0.5) is 0 Å². The van der Waals surface area contributed by atoms with Gasteiger partial charge in [0.1, 0.15) is 6.54 Å². The molecule has 3 amide bonds.